The highest BCUT2D eigenvalue weighted by Gasteiger charge is 2.34. The Morgan fingerprint density at radius 2 is 1.70 bits per heavy atom. The summed E-state index contributed by atoms with van der Waals surface area (Å²) in [7, 11) is 0. The summed E-state index contributed by atoms with van der Waals surface area (Å²) >= 11 is 0. The Hall–Kier alpha value is -1.89. The summed E-state index contributed by atoms with van der Waals surface area (Å²) in [4.78, 5) is 42.2. The summed E-state index contributed by atoms with van der Waals surface area (Å²) < 4.78 is 0. The second kappa shape index (κ2) is 7.62. The third kappa shape index (κ3) is 3.49. The molecule has 0 aromatic heterocycles. The molecule has 3 heterocycles. The molecule has 0 spiro atoms. The van der Waals surface area contributed by atoms with Crippen molar-refractivity contribution < 1.29 is 4.79 Å². The number of nitrogens with zero attached hydrogens (tertiary/aromatic N) is 3. The van der Waals surface area contributed by atoms with E-state index >= 15 is 0 Å². The minimum Gasteiger partial charge on any atom is -0.380 e. The Bertz CT molecular complexity index is 760. The summed E-state index contributed by atoms with van der Waals surface area (Å²) in [6.45, 7) is 7.17. The van der Waals surface area contributed by atoms with Gasteiger partial charge >= 0.3 is 0 Å². The van der Waals surface area contributed by atoms with Gasteiger partial charge in [0.2, 0.25) is 5.91 Å². The van der Waals surface area contributed by atoms with Crippen LogP contribution in [0.4, 0.5) is 11.4 Å². The number of piperazine rings is 1. The van der Waals surface area contributed by atoms with Crippen LogP contribution in [0.1, 0.15) is 39.0 Å². The van der Waals surface area contributed by atoms with Crippen LogP contribution in [0.3, 0.4) is 0 Å². The van der Waals surface area contributed by atoms with Gasteiger partial charge < -0.3 is 20.0 Å². The molecule has 7 nitrogen and oxygen atoms in total. The van der Waals surface area contributed by atoms with E-state index in [0.29, 0.717) is 49.5 Å². The summed E-state index contributed by atoms with van der Waals surface area (Å²) in [5.74, 6) is 0.609. The molecule has 2 atom stereocenters. The first-order chi connectivity index (χ1) is 13.1. The van der Waals surface area contributed by atoms with Crippen LogP contribution in [-0.4, -0.2) is 67.6 Å². The number of rotatable bonds is 4. The third-order valence-electron chi connectivity index (χ3n) is 6.70. The summed E-state index contributed by atoms with van der Waals surface area (Å²) in [5.41, 5.74) is 0.288. The van der Waals surface area contributed by atoms with Gasteiger partial charge in [-0.05, 0) is 44.7 Å². The van der Waals surface area contributed by atoms with E-state index in [0.717, 1.165) is 6.54 Å². The second-order valence-corrected chi connectivity index (χ2v) is 8.26. The fourth-order valence-corrected chi connectivity index (χ4v) is 5.14. The molecular formula is C20H30N4O3. The van der Waals surface area contributed by atoms with Crippen LogP contribution >= 0.6 is 0 Å². The highest BCUT2D eigenvalue weighted by molar-refractivity contribution is 5.77. The van der Waals surface area contributed by atoms with Crippen LogP contribution in [0.5, 0.6) is 0 Å². The molecule has 1 aromatic rings. The van der Waals surface area contributed by atoms with Crippen molar-refractivity contribution in [2.75, 3.05) is 56.0 Å². The van der Waals surface area contributed by atoms with E-state index in [9.17, 15) is 14.4 Å². The van der Waals surface area contributed by atoms with Gasteiger partial charge in [0.25, 0.3) is 10.9 Å². The molecular weight excluding hydrogens is 344 g/mol. The van der Waals surface area contributed by atoms with Gasteiger partial charge in [0, 0.05) is 45.7 Å². The number of hydrogen-bond donors (Lipinski definition) is 1. The van der Waals surface area contributed by atoms with Crippen LogP contribution < -0.4 is 21.1 Å². The molecule has 0 saturated carbocycles. The van der Waals surface area contributed by atoms with E-state index in [-0.39, 0.29) is 16.8 Å². The van der Waals surface area contributed by atoms with Gasteiger partial charge in [-0.25, -0.2) is 0 Å². The topological polar surface area (TPSA) is 73.0 Å². The van der Waals surface area contributed by atoms with Gasteiger partial charge in [-0.15, -0.1) is 0 Å². The fourth-order valence-electron chi connectivity index (χ4n) is 5.14. The molecule has 2 unspecified atom stereocenters. The molecule has 0 bridgehead atoms. The lowest BCUT2D eigenvalue weighted by molar-refractivity contribution is -0.129. The van der Waals surface area contributed by atoms with E-state index in [2.05, 4.69) is 10.2 Å². The average molecular weight is 374 g/mol. The zero-order valence-corrected chi connectivity index (χ0v) is 16.2. The van der Waals surface area contributed by atoms with Gasteiger partial charge in [-0.1, -0.05) is 6.42 Å². The average Bonchev–Trinajstić information content (AvgIpc) is 2.70. The lowest BCUT2D eigenvalue weighted by Gasteiger charge is -2.44. The van der Waals surface area contributed by atoms with Crippen molar-refractivity contribution in [1.82, 2.24) is 9.80 Å². The molecule has 1 N–H and O–H groups in total. The van der Waals surface area contributed by atoms with Crippen LogP contribution in [0.25, 0.3) is 0 Å². The van der Waals surface area contributed by atoms with Crippen LogP contribution in [0, 0.1) is 5.92 Å². The quantitative estimate of drug-likeness (QED) is 0.780. The van der Waals surface area contributed by atoms with Crippen molar-refractivity contribution >= 4 is 17.3 Å². The lowest BCUT2D eigenvalue weighted by Crippen LogP contribution is -2.53. The van der Waals surface area contributed by atoms with E-state index < -0.39 is 0 Å². The highest BCUT2D eigenvalue weighted by atomic mass is 16.2. The summed E-state index contributed by atoms with van der Waals surface area (Å²) in [6.07, 6.45) is 6.25. The van der Waals surface area contributed by atoms with Gasteiger partial charge in [-0.2, -0.15) is 0 Å². The molecule has 27 heavy (non-hydrogen) atoms. The van der Waals surface area contributed by atoms with Crippen LogP contribution in [0.15, 0.2) is 9.59 Å². The number of amides is 1. The maximum absolute atomic E-state index is 12.2. The minimum atomic E-state index is -0.379. The molecule has 3 fully saturated rings. The number of hydrogen-bond acceptors (Lipinski definition) is 6. The van der Waals surface area contributed by atoms with E-state index in [1.54, 1.807) is 11.8 Å². The molecule has 3 aliphatic heterocycles. The predicted molar refractivity (Wildman–Crippen MR) is 106 cm³/mol. The van der Waals surface area contributed by atoms with E-state index in [4.69, 9.17) is 0 Å². The first kappa shape index (κ1) is 18.5. The Morgan fingerprint density at radius 3 is 2.44 bits per heavy atom. The Labute approximate surface area is 160 Å². The number of piperidine rings is 2. The largest absolute Gasteiger partial charge is 0.380 e. The molecule has 4 rings (SSSR count). The van der Waals surface area contributed by atoms with E-state index in [1.807, 2.05) is 4.90 Å². The minimum absolute atomic E-state index is 0.0623. The smallest absolute Gasteiger partial charge is 0.253 e. The number of carbonyl (C=O) groups excluding carboxylic acids is 1. The van der Waals surface area contributed by atoms with Crippen LogP contribution in [0.2, 0.25) is 0 Å². The molecule has 7 heteroatoms. The monoisotopic (exact) mass is 374 g/mol. The summed E-state index contributed by atoms with van der Waals surface area (Å²) in [6, 6.07) is 0.619. The van der Waals surface area contributed by atoms with Gasteiger partial charge in [0.05, 0.1) is 0 Å². The van der Waals surface area contributed by atoms with Crippen molar-refractivity contribution in [2.24, 2.45) is 5.92 Å². The van der Waals surface area contributed by atoms with E-state index in [1.165, 1.54) is 45.2 Å². The van der Waals surface area contributed by atoms with Crippen LogP contribution in [-0.2, 0) is 4.79 Å². The maximum atomic E-state index is 12.2. The van der Waals surface area contributed by atoms with Crippen molar-refractivity contribution in [3.05, 3.63) is 20.4 Å². The zero-order chi connectivity index (χ0) is 19.0. The fraction of sp³-hybridized carbons (Fsp3) is 0.750. The molecule has 1 amide bonds. The molecule has 0 aliphatic carbocycles. The van der Waals surface area contributed by atoms with Gasteiger partial charge in [0.1, 0.15) is 11.4 Å². The number of fused-ring (bicyclic) bond motifs is 1. The normalized spacial score (nSPS) is 26.9. The second-order valence-electron chi connectivity index (χ2n) is 8.26. The highest BCUT2D eigenvalue weighted by Crippen LogP contribution is 2.31. The lowest BCUT2D eigenvalue weighted by atomic mass is 9.83. The Morgan fingerprint density at radius 1 is 0.963 bits per heavy atom. The first-order valence-electron chi connectivity index (χ1n) is 10.4. The van der Waals surface area contributed by atoms with Gasteiger partial charge in [0.15, 0.2) is 0 Å². The van der Waals surface area contributed by atoms with Crippen molar-refractivity contribution in [3.63, 3.8) is 0 Å². The Balaban J connectivity index is 1.40. The number of anilines is 2. The number of nitrogens with one attached hydrogen (secondary N) is 1. The maximum Gasteiger partial charge on any atom is 0.253 e. The standard InChI is InChI=1S/C20H30N4O3/c1-14(25)22-9-11-24(12-10-22)18-17(19(26)20(18)27)21-13-15-5-4-8-23-7-3-2-6-16(15)23/h15-16,21H,2-13H2,1H3. The first-order valence-corrected chi connectivity index (χ1v) is 10.4. The van der Waals surface area contributed by atoms with Gasteiger partial charge in [-0.3, -0.25) is 14.4 Å². The number of carbonyl (C=O) groups is 1. The predicted octanol–water partition coefficient (Wildman–Crippen LogP) is 0.628. The summed E-state index contributed by atoms with van der Waals surface area (Å²) in [5, 5.41) is 3.34. The molecule has 1 aromatic carbocycles. The molecule has 0 radical (unpaired) electrons. The zero-order valence-electron chi connectivity index (χ0n) is 16.2. The molecule has 148 valence electrons. The third-order valence-corrected chi connectivity index (χ3v) is 6.70. The van der Waals surface area contributed by atoms with Crippen molar-refractivity contribution in [1.29, 1.82) is 0 Å². The molecule has 3 saturated heterocycles. The van der Waals surface area contributed by atoms with Crippen molar-refractivity contribution in [3.8, 4) is 0 Å². The molecule has 3 aliphatic rings. The Kier molecular flexibility index (Phi) is 5.21. The SMILES string of the molecule is CC(=O)N1CCN(c2c(NCC3CCCN4CCCCC34)c(=O)c2=O)CC1. The van der Waals surface area contributed by atoms with Crippen molar-refractivity contribution in [2.45, 2.75) is 45.1 Å².